The highest BCUT2D eigenvalue weighted by Crippen LogP contribution is 2.33. The number of aromatic nitrogens is 4. The highest BCUT2D eigenvalue weighted by molar-refractivity contribution is 5.97. The van der Waals surface area contributed by atoms with Crippen LogP contribution in [0.1, 0.15) is 29.3 Å². The third-order valence-corrected chi connectivity index (χ3v) is 5.17. The van der Waals surface area contributed by atoms with Gasteiger partial charge in [0.1, 0.15) is 11.4 Å². The van der Waals surface area contributed by atoms with Gasteiger partial charge in [-0.1, -0.05) is 17.3 Å². The lowest BCUT2D eigenvalue weighted by Gasteiger charge is -2.19. The average Bonchev–Trinajstić information content (AvgIpc) is 3.49. The summed E-state index contributed by atoms with van der Waals surface area (Å²) in [6.45, 7) is 4.56. The number of hydrogen-bond acceptors (Lipinski definition) is 6. The first-order valence-corrected chi connectivity index (χ1v) is 9.39. The maximum atomic E-state index is 12.6. The predicted molar refractivity (Wildman–Crippen MR) is 105 cm³/mol. The van der Waals surface area contributed by atoms with E-state index in [9.17, 15) is 4.79 Å². The first-order chi connectivity index (χ1) is 14.1. The Bertz CT molecular complexity index is 1170. The van der Waals surface area contributed by atoms with Crippen molar-refractivity contribution in [1.29, 1.82) is 0 Å². The zero-order chi connectivity index (χ0) is 20.0. The van der Waals surface area contributed by atoms with Gasteiger partial charge in [-0.05, 0) is 43.2 Å². The van der Waals surface area contributed by atoms with Crippen molar-refractivity contribution in [2.75, 3.05) is 11.4 Å². The molecule has 3 aromatic heterocycles. The van der Waals surface area contributed by atoms with Crippen LogP contribution in [-0.4, -0.2) is 32.8 Å². The molecule has 1 N–H and O–H groups in total. The monoisotopic (exact) mass is 389 g/mol. The summed E-state index contributed by atoms with van der Waals surface area (Å²) >= 11 is 0. The van der Waals surface area contributed by atoms with Gasteiger partial charge in [-0.25, -0.2) is 0 Å². The van der Waals surface area contributed by atoms with Gasteiger partial charge in [0.25, 0.3) is 5.89 Å². The van der Waals surface area contributed by atoms with Gasteiger partial charge in [-0.2, -0.15) is 10.1 Å². The highest BCUT2D eigenvalue weighted by atomic mass is 16.5. The first kappa shape index (κ1) is 17.4. The second kappa shape index (κ2) is 6.73. The van der Waals surface area contributed by atoms with Crippen molar-refractivity contribution in [1.82, 2.24) is 20.3 Å². The van der Waals surface area contributed by atoms with Crippen LogP contribution in [0, 0.1) is 13.8 Å². The number of amides is 1. The summed E-state index contributed by atoms with van der Waals surface area (Å²) in [5, 5.41) is 11.2. The minimum absolute atomic E-state index is 0.0664. The van der Waals surface area contributed by atoms with E-state index in [0.29, 0.717) is 41.8 Å². The zero-order valence-corrected chi connectivity index (χ0v) is 16.0. The molecule has 0 aliphatic carbocycles. The van der Waals surface area contributed by atoms with Crippen LogP contribution in [-0.2, 0) is 4.79 Å². The molecule has 0 bridgehead atoms. The third kappa shape index (κ3) is 3.12. The van der Waals surface area contributed by atoms with Crippen molar-refractivity contribution in [2.45, 2.75) is 26.2 Å². The Kier molecular flexibility index (Phi) is 4.04. The molecule has 0 saturated carbocycles. The second-order valence-electron chi connectivity index (χ2n) is 7.30. The van der Waals surface area contributed by atoms with Crippen LogP contribution in [0.2, 0.25) is 0 Å². The summed E-state index contributed by atoms with van der Waals surface area (Å²) in [6.07, 6.45) is 1.94. The molecule has 0 spiro atoms. The van der Waals surface area contributed by atoms with E-state index in [1.54, 1.807) is 18.4 Å². The molecule has 8 nitrogen and oxygen atoms in total. The fraction of sp³-hybridized carbons (Fsp3) is 0.238. The second-order valence-corrected chi connectivity index (χ2v) is 7.30. The lowest BCUT2D eigenvalue weighted by molar-refractivity contribution is -0.117. The van der Waals surface area contributed by atoms with Crippen LogP contribution >= 0.6 is 0 Å². The van der Waals surface area contributed by atoms with Gasteiger partial charge in [-0.3, -0.25) is 9.89 Å². The summed E-state index contributed by atoms with van der Waals surface area (Å²) in [6, 6.07) is 11.5. The predicted octanol–water partition coefficient (Wildman–Crippen LogP) is 3.86. The largest absolute Gasteiger partial charge is 0.463 e. The molecule has 29 heavy (non-hydrogen) atoms. The van der Waals surface area contributed by atoms with Crippen molar-refractivity contribution >= 4 is 11.6 Å². The van der Waals surface area contributed by atoms with Crippen LogP contribution in [0.25, 0.3) is 23.0 Å². The topological polar surface area (TPSA) is 101 Å². The SMILES string of the molecule is Cc1ccc(C)c(N2CC(c3noc(-c4cc(-c5ccco5)n[nH]4)n3)CC2=O)c1. The number of nitrogens with zero attached hydrogens (tertiary/aromatic N) is 4. The molecule has 4 heterocycles. The molecule has 1 aliphatic heterocycles. The number of furan rings is 1. The van der Waals surface area contributed by atoms with Gasteiger partial charge >= 0.3 is 0 Å². The molecular formula is C21H19N5O3. The fourth-order valence-electron chi connectivity index (χ4n) is 3.62. The summed E-state index contributed by atoms with van der Waals surface area (Å²) in [4.78, 5) is 19.0. The number of carbonyl (C=O) groups excluding carboxylic acids is 1. The zero-order valence-electron chi connectivity index (χ0n) is 16.0. The molecule has 1 aromatic carbocycles. The van der Waals surface area contributed by atoms with Crippen molar-refractivity contribution in [3.8, 4) is 23.0 Å². The third-order valence-electron chi connectivity index (χ3n) is 5.17. The number of carbonyl (C=O) groups is 1. The number of benzene rings is 1. The molecule has 8 heteroatoms. The van der Waals surface area contributed by atoms with Crippen LogP contribution in [0.15, 0.2) is 51.6 Å². The van der Waals surface area contributed by atoms with E-state index in [1.165, 1.54) is 0 Å². The Morgan fingerprint density at radius 3 is 2.93 bits per heavy atom. The van der Waals surface area contributed by atoms with Crippen LogP contribution in [0.5, 0.6) is 0 Å². The van der Waals surface area contributed by atoms with E-state index < -0.39 is 0 Å². The molecule has 146 valence electrons. The summed E-state index contributed by atoms with van der Waals surface area (Å²) < 4.78 is 10.8. The average molecular weight is 389 g/mol. The van der Waals surface area contributed by atoms with Crippen LogP contribution < -0.4 is 4.90 Å². The molecule has 1 amide bonds. The number of nitrogens with one attached hydrogen (secondary N) is 1. The number of anilines is 1. The Morgan fingerprint density at radius 2 is 2.10 bits per heavy atom. The summed E-state index contributed by atoms with van der Waals surface area (Å²) in [5.74, 6) is 1.46. The molecule has 1 atom stereocenters. The number of H-pyrrole nitrogens is 1. The Hall–Kier alpha value is -3.68. The van der Waals surface area contributed by atoms with Crippen molar-refractivity contribution in [3.05, 3.63) is 59.6 Å². The summed E-state index contributed by atoms with van der Waals surface area (Å²) in [7, 11) is 0. The molecular weight excluding hydrogens is 370 g/mol. The van der Waals surface area contributed by atoms with E-state index in [1.807, 2.05) is 43.0 Å². The van der Waals surface area contributed by atoms with Gasteiger partial charge in [-0.15, -0.1) is 0 Å². The molecule has 1 unspecified atom stereocenters. The minimum atomic E-state index is -0.118. The number of hydrogen-bond donors (Lipinski definition) is 1. The number of rotatable bonds is 4. The number of aryl methyl sites for hydroxylation is 2. The smallest absolute Gasteiger partial charge is 0.275 e. The van der Waals surface area contributed by atoms with Gasteiger partial charge < -0.3 is 13.8 Å². The van der Waals surface area contributed by atoms with Crippen LogP contribution in [0.3, 0.4) is 0 Å². The first-order valence-electron chi connectivity index (χ1n) is 9.39. The maximum absolute atomic E-state index is 12.6. The lowest BCUT2D eigenvalue weighted by atomic mass is 10.1. The van der Waals surface area contributed by atoms with Gasteiger partial charge in [0, 0.05) is 30.6 Å². The molecule has 1 saturated heterocycles. The molecule has 1 fully saturated rings. The Morgan fingerprint density at radius 1 is 1.21 bits per heavy atom. The highest BCUT2D eigenvalue weighted by Gasteiger charge is 2.35. The fourth-order valence-corrected chi connectivity index (χ4v) is 3.62. The van der Waals surface area contributed by atoms with Crippen molar-refractivity contribution in [2.24, 2.45) is 0 Å². The van der Waals surface area contributed by atoms with Crippen molar-refractivity contribution in [3.63, 3.8) is 0 Å². The summed E-state index contributed by atoms with van der Waals surface area (Å²) in [5.41, 5.74) is 4.39. The van der Waals surface area contributed by atoms with Gasteiger partial charge in [0.15, 0.2) is 11.6 Å². The van der Waals surface area contributed by atoms with Crippen LogP contribution in [0.4, 0.5) is 5.69 Å². The van der Waals surface area contributed by atoms with E-state index in [4.69, 9.17) is 8.94 Å². The molecule has 4 aromatic rings. The minimum Gasteiger partial charge on any atom is -0.463 e. The standard InChI is InChI=1S/C21H19N5O3/c1-12-5-6-13(2)17(8-12)26-11-14(9-19(26)27)20-22-21(29-25-20)16-10-15(23-24-16)18-4-3-7-28-18/h3-8,10,14H,9,11H2,1-2H3,(H,23,24). The molecule has 0 radical (unpaired) electrons. The molecule has 5 rings (SSSR count). The van der Waals surface area contributed by atoms with E-state index >= 15 is 0 Å². The van der Waals surface area contributed by atoms with Gasteiger partial charge in [0.2, 0.25) is 5.91 Å². The maximum Gasteiger partial charge on any atom is 0.275 e. The van der Waals surface area contributed by atoms with E-state index in [0.717, 1.165) is 16.8 Å². The normalized spacial score (nSPS) is 16.7. The van der Waals surface area contributed by atoms with Crippen molar-refractivity contribution < 1.29 is 13.7 Å². The van der Waals surface area contributed by atoms with Gasteiger partial charge in [0.05, 0.1) is 6.26 Å². The van der Waals surface area contributed by atoms with E-state index in [2.05, 4.69) is 20.3 Å². The molecule has 1 aliphatic rings. The quantitative estimate of drug-likeness (QED) is 0.569. The lowest BCUT2D eigenvalue weighted by Crippen LogP contribution is -2.25. The Labute approximate surface area is 166 Å². The number of aromatic amines is 1. The van der Waals surface area contributed by atoms with E-state index in [-0.39, 0.29) is 11.8 Å². The Balaban J connectivity index is 1.37.